The fourth-order valence-electron chi connectivity index (χ4n) is 4.78. The van der Waals surface area contributed by atoms with Gasteiger partial charge in [0.2, 0.25) is 0 Å². The highest BCUT2D eigenvalue weighted by atomic mass is 32.1. The number of carbonyl (C=O) groups excluding carboxylic acids is 2. The highest BCUT2D eigenvalue weighted by Crippen LogP contribution is 2.44. The van der Waals surface area contributed by atoms with E-state index in [4.69, 9.17) is 0 Å². The fraction of sp³-hybridized carbons (Fsp3) is 0.143. The van der Waals surface area contributed by atoms with Crippen molar-refractivity contribution in [1.82, 2.24) is 14.4 Å². The number of aliphatic hydroxyl groups excluding tert-OH is 1. The molecule has 0 bridgehead atoms. The monoisotopic (exact) mass is 494 g/mol. The van der Waals surface area contributed by atoms with Gasteiger partial charge >= 0.3 is 5.91 Å². The highest BCUT2D eigenvalue weighted by molar-refractivity contribution is 7.22. The van der Waals surface area contributed by atoms with E-state index in [-0.39, 0.29) is 17.0 Å². The first-order chi connectivity index (χ1) is 17.3. The summed E-state index contributed by atoms with van der Waals surface area (Å²) in [6.45, 7) is 5.76. The lowest BCUT2D eigenvalue weighted by molar-refractivity contribution is -0.132. The molecular weight excluding hydrogens is 472 g/mol. The van der Waals surface area contributed by atoms with Gasteiger partial charge in [0.05, 0.1) is 27.5 Å². The molecule has 36 heavy (non-hydrogen) atoms. The summed E-state index contributed by atoms with van der Waals surface area (Å²) in [6, 6.07) is 18.1. The third-order valence-corrected chi connectivity index (χ3v) is 7.62. The Morgan fingerprint density at radius 3 is 2.50 bits per heavy atom. The van der Waals surface area contributed by atoms with E-state index in [1.807, 2.05) is 92.0 Å². The summed E-state index contributed by atoms with van der Waals surface area (Å²) in [4.78, 5) is 37.7. The Kier molecular flexibility index (Phi) is 5.01. The van der Waals surface area contributed by atoms with Crippen LogP contribution in [0.2, 0.25) is 0 Å². The average Bonchev–Trinajstić information content (AvgIpc) is 3.52. The van der Waals surface area contributed by atoms with Crippen molar-refractivity contribution in [3.8, 4) is 0 Å². The number of imidazole rings is 1. The molecule has 4 heterocycles. The number of aryl methyl sites for hydroxylation is 3. The molecule has 0 saturated carbocycles. The van der Waals surface area contributed by atoms with Crippen molar-refractivity contribution in [2.75, 3.05) is 4.90 Å². The first-order valence-electron chi connectivity index (χ1n) is 11.5. The van der Waals surface area contributed by atoms with Crippen LogP contribution in [0, 0.1) is 20.8 Å². The predicted octanol–water partition coefficient (Wildman–Crippen LogP) is 5.50. The molecule has 5 aromatic rings. The predicted molar refractivity (Wildman–Crippen MR) is 140 cm³/mol. The molecule has 1 atom stereocenters. The maximum atomic E-state index is 13.5. The quantitative estimate of drug-likeness (QED) is 0.203. The van der Waals surface area contributed by atoms with Crippen LogP contribution in [0.15, 0.2) is 72.4 Å². The number of aliphatic hydroxyl groups is 1. The summed E-state index contributed by atoms with van der Waals surface area (Å²) in [5, 5.41) is 12.0. The van der Waals surface area contributed by atoms with Gasteiger partial charge < -0.3 is 9.51 Å². The van der Waals surface area contributed by atoms with E-state index in [2.05, 4.69) is 9.97 Å². The average molecular weight is 495 g/mol. The van der Waals surface area contributed by atoms with Crippen LogP contribution < -0.4 is 4.90 Å². The lowest BCUT2D eigenvalue weighted by Crippen LogP contribution is -2.29. The van der Waals surface area contributed by atoms with Crippen LogP contribution in [0.5, 0.6) is 0 Å². The van der Waals surface area contributed by atoms with E-state index in [1.54, 1.807) is 0 Å². The van der Waals surface area contributed by atoms with Crippen molar-refractivity contribution in [3.63, 3.8) is 0 Å². The number of anilines is 1. The van der Waals surface area contributed by atoms with Crippen molar-refractivity contribution >= 4 is 49.8 Å². The number of benzene rings is 2. The Labute approximate surface area is 211 Å². The van der Waals surface area contributed by atoms with Crippen LogP contribution in [0.3, 0.4) is 0 Å². The first kappa shape index (κ1) is 22.2. The number of pyridine rings is 1. The minimum atomic E-state index is -0.835. The van der Waals surface area contributed by atoms with Gasteiger partial charge in [0, 0.05) is 6.20 Å². The third kappa shape index (κ3) is 3.25. The molecular formula is C28H22N4O3S. The smallest absolute Gasteiger partial charge is 0.301 e. The topological polar surface area (TPSA) is 87.8 Å². The number of hydrogen-bond donors (Lipinski definition) is 1. The molecule has 1 saturated heterocycles. The molecule has 6 rings (SSSR count). The summed E-state index contributed by atoms with van der Waals surface area (Å²) in [5.41, 5.74) is 5.12. The minimum absolute atomic E-state index is 0.00537. The molecule has 178 valence electrons. The number of amides is 1. The van der Waals surface area contributed by atoms with E-state index >= 15 is 0 Å². The highest BCUT2D eigenvalue weighted by Gasteiger charge is 2.48. The van der Waals surface area contributed by atoms with Gasteiger partial charge in [-0.1, -0.05) is 53.8 Å². The van der Waals surface area contributed by atoms with Crippen molar-refractivity contribution in [2.24, 2.45) is 0 Å². The number of nitrogens with zero attached hydrogens (tertiary/aromatic N) is 4. The third-order valence-electron chi connectivity index (χ3n) is 6.61. The lowest BCUT2D eigenvalue weighted by Gasteiger charge is -2.22. The van der Waals surface area contributed by atoms with Crippen molar-refractivity contribution in [2.45, 2.75) is 26.8 Å². The van der Waals surface area contributed by atoms with E-state index in [1.165, 1.54) is 16.2 Å². The van der Waals surface area contributed by atoms with E-state index in [0.717, 1.165) is 21.3 Å². The molecule has 3 aromatic heterocycles. The SMILES string of the molecule is Cc1ccc2nc(N3C(=O)C(=O)C(=C(O)c4nc5c(C)cccn5c4C)C3c3ccccc3)sc2c1. The Hall–Kier alpha value is -4.30. The summed E-state index contributed by atoms with van der Waals surface area (Å²) < 4.78 is 2.79. The molecule has 0 radical (unpaired) electrons. The molecule has 7 nitrogen and oxygen atoms in total. The summed E-state index contributed by atoms with van der Waals surface area (Å²) in [7, 11) is 0. The zero-order valence-electron chi connectivity index (χ0n) is 19.9. The Morgan fingerprint density at radius 1 is 0.972 bits per heavy atom. The van der Waals surface area contributed by atoms with Gasteiger partial charge in [-0.05, 0) is 55.7 Å². The molecule has 1 aliphatic rings. The standard InChI is InChI=1S/C28H22N4O3S/c1-15-11-12-19-20(14-15)36-28(29-19)32-23(18-9-5-4-6-10-18)21(25(34)27(32)35)24(33)22-17(3)31-13-7-8-16(2)26(31)30-22/h4-14,23,33H,1-3H3. The summed E-state index contributed by atoms with van der Waals surface area (Å²) in [5.74, 6) is -1.77. The maximum absolute atomic E-state index is 13.5. The molecule has 1 amide bonds. The fourth-order valence-corrected chi connectivity index (χ4v) is 5.87. The molecule has 0 aliphatic carbocycles. The molecule has 1 fully saturated rings. The van der Waals surface area contributed by atoms with E-state index in [0.29, 0.717) is 22.0 Å². The number of rotatable bonds is 3. The normalized spacial score (nSPS) is 17.5. The lowest BCUT2D eigenvalue weighted by atomic mass is 9.96. The number of ketones is 1. The Balaban J connectivity index is 1.59. The Bertz CT molecular complexity index is 1730. The molecule has 1 N–H and O–H groups in total. The second-order valence-electron chi connectivity index (χ2n) is 8.98. The van der Waals surface area contributed by atoms with Gasteiger partial charge in [-0.15, -0.1) is 0 Å². The number of hydrogen-bond acceptors (Lipinski definition) is 6. The zero-order chi connectivity index (χ0) is 25.1. The zero-order valence-corrected chi connectivity index (χ0v) is 20.7. The second-order valence-corrected chi connectivity index (χ2v) is 9.99. The maximum Gasteiger partial charge on any atom is 0.301 e. The van der Waals surface area contributed by atoms with Gasteiger partial charge in [-0.25, -0.2) is 9.97 Å². The van der Waals surface area contributed by atoms with Crippen LogP contribution in [0.4, 0.5) is 5.13 Å². The minimum Gasteiger partial charge on any atom is -0.505 e. The number of aromatic nitrogens is 3. The van der Waals surface area contributed by atoms with E-state index in [9.17, 15) is 14.7 Å². The number of fused-ring (bicyclic) bond motifs is 2. The molecule has 1 aliphatic heterocycles. The van der Waals surface area contributed by atoms with Crippen LogP contribution >= 0.6 is 11.3 Å². The first-order valence-corrected chi connectivity index (χ1v) is 12.3. The largest absolute Gasteiger partial charge is 0.505 e. The molecule has 2 aromatic carbocycles. The molecule has 8 heteroatoms. The molecule has 0 spiro atoms. The van der Waals surface area contributed by atoms with Crippen molar-refractivity contribution in [3.05, 3.63) is 101 Å². The molecule has 1 unspecified atom stereocenters. The van der Waals surface area contributed by atoms with E-state index < -0.39 is 17.7 Å². The Morgan fingerprint density at radius 2 is 1.75 bits per heavy atom. The van der Waals surface area contributed by atoms with Gasteiger partial charge in [0.25, 0.3) is 5.78 Å². The summed E-state index contributed by atoms with van der Waals surface area (Å²) >= 11 is 1.35. The number of Topliss-reactive ketones (excluding diaryl/α,β-unsaturated/α-hetero) is 1. The second kappa shape index (κ2) is 8.13. The van der Waals surface area contributed by atoms with Crippen LogP contribution in [-0.2, 0) is 9.59 Å². The van der Waals surface area contributed by atoms with Gasteiger partial charge in [-0.3, -0.25) is 14.5 Å². The van der Waals surface area contributed by atoms with Crippen molar-refractivity contribution in [1.29, 1.82) is 0 Å². The number of carbonyl (C=O) groups is 2. The van der Waals surface area contributed by atoms with Crippen LogP contribution in [-0.4, -0.2) is 31.2 Å². The number of thiazole rings is 1. The van der Waals surface area contributed by atoms with Gasteiger partial charge in [0.15, 0.2) is 10.9 Å². The van der Waals surface area contributed by atoms with Gasteiger partial charge in [-0.2, -0.15) is 0 Å². The van der Waals surface area contributed by atoms with Crippen LogP contribution in [0.1, 0.15) is 34.1 Å². The van der Waals surface area contributed by atoms with Crippen molar-refractivity contribution < 1.29 is 14.7 Å². The van der Waals surface area contributed by atoms with Crippen LogP contribution in [0.25, 0.3) is 21.6 Å². The summed E-state index contributed by atoms with van der Waals surface area (Å²) in [6.07, 6.45) is 1.86. The van der Waals surface area contributed by atoms with Gasteiger partial charge in [0.1, 0.15) is 11.3 Å².